The number of hydrogen-bond donors (Lipinski definition) is 1. The number of ether oxygens (including phenoxy) is 1. The first-order valence-corrected chi connectivity index (χ1v) is 6.59. The van der Waals surface area contributed by atoms with Crippen molar-refractivity contribution in [1.29, 1.82) is 0 Å². The molecule has 100 valence electrons. The molecule has 0 aromatic heterocycles. The zero-order valence-electron chi connectivity index (χ0n) is 11.2. The van der Waals surface area contributed by atoms with Crippen LogP contribution in [-0.4, -0.2) is 23.8 Å². The molecule has 0 heterocycles. The topological polar surface area (TPSA) is 46.5 Å². The van der Waals surface area contributed by atoms with Gasteiger partial charge in [0.2, 0.25) is 0 Å². The van der Waals surface area contributed by atoms with Crippen molar-refractivity contribution in [2.45, 2.75) is 64.9 Å². The van der Waals surface area contributed by atoms with Crippen LogP contribution in [0.3, 0.4) is 0 Å². The summed E-state index contributed by atoms with van der Waals surface area (Å²) in [7, 11) is 0. The average molecular weight is 242 g/mol. The van der Waals surface area contributed by atoms with Crippen LogP contribution in [0.25, 0.3) is 0 Å². The number of rotatable bonds is 10. The first kappa shape index (κ1) is 16.2. The molecule has 0 saturated heterocycles. The maximum Gasteiger partial charge on any atom is 0.302 e. The van der Waals surface area contributed by atoms with Gasteiger partial charge in [-0.05, 0) is 32.6 Å². The van der Waals surface area contributed by atoms with E-state index in [1.807, 2.05) is 6.08 Å². The van der Waals surface area contributed by atoms with E-state index < -0.39 is 0 Å². The molecule has 1 N–H and O–H groups in total. The molecule has 0 aliphatic heterocycles. The number of aliphatic hydroxyl groups excluding tert-OH is 1. The lowest BCUT2D eigenvalue weighted by molar-refractivity contribution is -0.141. The monoisotopic (exact) mass is 242 g/mol. The molecular formula is C14H26O3. The van der Waals surface area contributed by atoms with Gasteiger partial charge in [0.25, 0.3) is 0 Å². The van der Waals surface area contributed by atoms with E-state index in [2.05, 4.69) is 6.08 Å². The number of esters is 1. The second kappa shape index (κ2) is 11.6. The highest BCUT2D eigenvalue weighted by atomic mass is 16.5. The standard InChI is InChI=1S/C14H26O3/c1-13(15)11-9-7-5-3-4-6-8-10-12-17-14(2)16/h7,9,13,15H,3-6,8,10-12H2,1-2H3/b9-7+. The number of carbonyl (C=O) groups excluding carboxylic acids is 1. The van der Waals surface area contributed by atoms with Gasteiger partial charge in [-0.1, -0.05) is 31.4 Å². The number of carbonyl (C=O) groups is 1. The van der Waals surface area contributed by atoms with Gasteiger partial charge in [-0.15, -0.1) is 0 Å². The smallest absolute Gasteiger partial charge is 0.302 e. The van der Waals surface area contributed by atoms with Crippen LogP contribution in [0, 0.1) is 0 Å². The van der Waals surface area contributed by atoms with Crippen molar-refractivity contribution in [3.63, 3.8) is 0 Å². The molecule has 0 aliphatic carbocycles. The first-order chi connectivity index (χ1) is 8.13. The van der Waals surface area contributed by atoms with Gasteiger partial charge in [-0.2, -0.15) is 0 Å². The quantitative estimate of drug-likeness (QED) is 0.363. The molecule has 0 rings (SSSR count). The number of hydrogen-bond acceptors (Lipinski definition) is 3. The maximum atomic E-state index is 10.5. The Labute approximate surface area is 105 Å². The Kier molecular flexibility index (Phi) is 11.1. The van der Waals surface area contributed by atoms with Crippen LogP contribution in [0.5, 0.6) is 0 Å². The SMILES string of the molecule is CC(=O)OCCCCCCC/C=C/CC(C)O. The summed E-state index contributed by atoms with van der Waals surface area (Å²) in [4.78, 5) is 10.5. The summed E-state index contributed by atoms with van der Waals surface area (Å²) in [6.07, 6.45) is 11.5. The van der Waals surface area contributed by atoms with E-state index in [1.165, 1.54) is 26.2 Å². The molecule has 0 fully saturated rings. The van der Waals surface area contributed by atoms with E-state index in [4.69, 9.17) is 9.84 Å². The summed E-state index contributed by atoms with van der Waals surface area (Å²) in [5.74, 6) is -0.187. The summed E-state index contributed by atoms with van der Waals surface area (Å²) in [6, 6.07) is 0. The van der Waals surface area contributed by atoms with Gasteiger partial charge in [0.05, 0.1) is 12.7 Å². The Morgan fingerprint density at radius 2 is 1.82 bits per heavy atom. The number of aliphatic hydroxyl groups is 1. The molecular weight excluding hydrogens is 216 g/mol. The predicted octanol–water partition coefficient (Wildman–Crippen LogP) is 3.22. The third-order valence-electron chi connectivity index (χ3n) is 2.46. The Balaban J connectivity index is 3.08. The zero-order chi connectivity index (χ0) is 12.9. The van der Waals surface area contributed by atoms with Gasteiger partial charge < -0.3 is 9.84 Å². The summed E-state index contributed by atoms with van der Waals surface area (Å²) in [5, 5.41) is 9.03. The van der Waals surface area contributed by atoms with Crippen LogP contribution in [0.2, 0.25) is 0 Å². The molecule has 0 saturated carbocycles. The summed E-state index contributed by atoms with van der Waals surface area (Å²) < 4.78 is 4.85. The number of allylic oxidation sites excluding steroid dienone is 1. The lowest BCUT2D eigenvalue weighted by atomic mass is 10.1. The van der Waals surface area contributed by atoms with Gasteiger partial charge in [0.15, 0.2) is 0 Å². The highest BCUT2D eigenvalue weighted by Gasteiger charge is 1.93. The molecule has 1 unspecified atom stereocenters. The Bertz CT molecular complexity index is 210. The molecule has 3 heteroatoms. The highest BCUT2D eigenvalue weighted by molar-refractivity contribution is 5.65. The van der Waals surface area contributed by atoms with Crippen LogP contribution in [0.4, 0.5) is 0 Å². The summed E-state index contributed by atoms with van der Waals surface area (Å²) in [5.41, 5.74) is 0. The van der Waals surface area contributed by atoms with Crippen molar-refractivity contribution in [3.05, 3.63) is 12.2 Å². The van der Waals surface area contributed by atoms with Gasteiger partial charge in [-0.25, -0.2) is 0 Å². The van der Waals surface area contributed by atoms with E-state index in [-0.39, 0.29) is 12.1 Å². The molecule has 0 radical (unpaired) electrons. The lowest BCUT2D eigenvalue weighted by Crippen LogP contribution is -1.99. The van der Waals surface area contributed by atoms with E-state index in [9.17, 15) is 4.79 Å². The third-order valence-corrected chi connectivity index (χ3v) is 2.46. The van der Waals surface area contributed by atoms with E-state index in [0.29, 0.717) is 6.61 Å². The highest BCUT2D eigenvalue weighted by Crippen LogP contribution is 2.06. The van der Waals surface area contributed by atoms with Crippen molar-refractivity contribution in [3.8, 4) is 0 Å². The van der Waals surface area contributed by atoms with Crippen LogP contribution >= 0.6 is 0 Å². The van der Waals surface area contributed by atoms with Crippen molar-refractivity contribution in [2.75, 3.05) is 6.61 Å². The van der Waals surface area contributed by atoms with Crippen LogP contribution < -0.4 is 0 Å². The molecule has 0 aromatic carbocycles. The van der Waals surface area contributed by atoms with Gasteiger partial charge >= 0.3 is 5.97 Å². The van der Waals surface area contributed by atoms with Crippen molar-refractivity contribution in [1.82, 2.24) is 0 Å². The van der Waals surface area contributed by atoms with E-state index in [0.717, 1.165) is 25.7 Å². The van der Waals surface area contributed by atoms with Crippen molar-refractivity contribution >= 4 is 5.97 Å². The molecule has 0 amide bonds. The van der Waals surface area contributed by atoms with Crippen LogP contribution in [-0.2, 0) is 9.53 Å². The molecule has 1 atom stereocenters. The fraction of sp³-hybridized carbons (Fsp3) is 0.786. The maximum absolute atomic E-state index is 10.5. The average Bonchev–Trinajstić information content (AvgIpc) is 2.25. The Morgan fingerprint density at radius 1 is 1.18 bits per heavy atom. The third kappa shape index (κ3) is 15.2. The number of unbranched alkanes of at least 4 members (excludes halogenated alkanes) is 5. The van der Waals surface area contributed by atoms with E-state index in [1.54, 1.807) is 6.92 Å². The summed E-state index contributed by atoms with van der Waals surface area (Å²) >= 11 is 0. The zero-order valence-corrected chi connectivity index (χ0v) is 11.2. The van der Waals surface area contributed by atoms with Crippen LogP contribution in [0.15, 0.2) is 12.2 Å². The largest absolute Gasteiger partial charge is 0.466 e. The molecule has 0 aliphatic rings. The molecule has 0 bridgehead atoms. The van der Waals surface area contributed by atoms with Gasteiger partial charge in [-0.3, -0.25) is 4.79 Å². The second-order valence-electron chi connectivity index (χ2n) is 4.45. The molecule has 0 aromatic rings. The normalized spacial score (nSPS) is 12.9. The minimum absolute atomic E-state index is 0.187. The summed E-state index contributed by atoms with van der Waals surface area (Å²) in [6.45, 7) is 3.80. The second-order valence-corrected chi connectivity index (χ2v) is 4.45. The fourth-order valence-corrected chi connectivity index (χ4v) is 1.52. The minimum atomic E-state index is -0.229. The lowest BCUT2D eigenvalue weighted by Gasteiger charge is -2.01. The Morgan fingerprint density at radius 3 is 2.47 bits per heavy atom. The predicted molar refractivity (Wildman–Crippen MR) is 69.8 cm³/mol. The van der Waals surface area contributed by atoms with Crippen molar-refractivity contribution < 1.29 is 14.6 Å². The van der Waals surface area contributed by atoms with Gasteiger partial charge in [0.1, 0.15) is 0 Å². The Hall–Kier alpha value is -0.830. The van der Waals surface area contributed by atoms with Crippen molar-refractivity contribution in [2.24, 2.45) is 0 Å². The van der Waals surface area contributed by atoms with E-state index >= 15 is 0 Å². The van der Waals surface area contributed by atoms with Crippen LogP contribution in [0.1, 0.15) is 58.8 Å². The fourth-order valence-electron chi connectivity index (χ4n) is 1.52. The molecule has 3 nitrogen and oxygen atoms in total. The molecule has 17 heavy (non-hydrogen) atoms. The first-order valence-electron chi connectivity index (χ1n) is 6.59. The van der Waals surface area contributed by atoms with Gasteiger partial charge in [0, 0.05) is 6.92 Å². The minimum Gasteiger partial charge on any atom is -0.466 e. The molecule has 0 spiro atoms.